The lowest BCUT2D eigenvalue weighted by Gasteiger charge is -2.27. The topological polar surface area (TPSA) is 109 Å². The molecule has 2 aromatic heterocycles. The summed E-state index contributed by atoms with van der Waals surface area (Å²) < 4.78 is 13.9. The summed E-state index contributed by atoms with van der Waals surface area (Å²) in [4.78, 5) is 36.8. The lowest BCUT2D eigenvalue weighted by Crippen LogP contribution is -2.40. The van der Waals surface area contributed by atoms with Crippen LogP contribution in [0.2, 0.25) is 0 Å². The molecule has 1 amide bonds. The maximum Gasteiger partial charge on any atom is 0.336 e. The summed E-state index contributed by atoms with van der Waals surface area (Å²) in [5.41, 5.74) is 7.79. The molecule has 7 nitrogen and oxygen atoms in total. The van der Waals surface area contributed by atoms with Crippen LogP contribution in [0.5, 0.6) is 0 Å². The van der Waals surface area contributed by atoms with Gasteiger partial charge in [-0.15, -0.1) is 0 Å². The third-order valence-corrected chi connectivity index (χ3v) is 7.86. The number of aromatic nitrogens is 2. The number of pyridine rings is 1. The van der Waals surface area contributed by atoms with Crippen molar-refractivity contribution in [3.63, 3.8) is 0 Å². The average molecular weight is 489 g/mol. The number of thiazole rings is 1. The molecule has 176 valence electrons. The van der Waals surface area contributed by atoms with E-state index in [-0.39, 0.29) is 34.4 Å². The zero-order valence-corrected chi connectivity index (χ0v) is 19.3. The quantitative estimate of drug-likeness (QED) is 0.424. The molecule has 1 aliphatic carbocycles. The molecular formula is C26H21FN4O3S. The van der Waals surface area contributed by atoms with Gasteiger partial charge in [-0.05, 0) is 54.0 Å². The standard InChI is InChI=1S/C26H21FN4O3S/c27-15-4-1-3-13(9-15)23-22(30-26(28)35-23)24(32)31-16(10-14-11-21(14)31)12-20-18-5-2-6-19(25(33)34)17(18)7-8-29-20/h1-9,14,16,21H,10-12H2,(H2,28,30)(H,33,34)/t14-,16-,21-/m0/s1. The number of fused-ring (bicyclic) bond motifs is 2. The van der Waals surface area contributed by atoms with Gasteiger partial charge in [0.2, 0.25) is 0 Å². The number of likely N-dealkylation sites (tertiary alicyclic amines) is 1. The summed E-state index contributed by atoms with van der Waals surface area (Å²) >= 11 is 1.17. The number of carbonyl (C=O) groups excluding carboxylic acids is 1. The fourth-order valence-electron chi connectivity index (χ4n) is 5.33. The Balaban J connectivity index is 1.35. The number of hydrogen-bond acceptors (Lipinski definition) is 6. The van der Waals surface area contributed by atoms with E-state index in [9.17, 15) is 19.1 Å². The lowest BCUT2D eigenvalue weighted by molar-refractivity contribution is 0.0688. The maximum atomic E-state index is 13.9. The number of piperidine rings is 1. The van der Waals surface area contributed by atoms with Crippen molar-refractivity contribution < 1.29 is 19.1 Å². The van der Waals surface area contributed by atoms with E-state index in [1.165, 1.54) is 23.5 Å². The number of carboxylic acids is 1. The monoisotopic (exact) mass is 488 g/mol. The van der Waals surface area contributed by atoms with Gasteiger partial charge in [-0.25, -0.2) is 14.2 Å². The molecule has 4 aromatic rings. The Kier molecular flexibility index (Phi) is 5.03. The van der Waals surface area contributed by atoms with Gasteiger partial charge in [-0.3, -0.25) is 9.78 Å². The van der Waals surface area contributed by atoms with Crippen molar-refractivity contribution in [3.8, 4) is 10.4 Å². The van der Waals surface area contributed by atoms with Crippen LogP contribution < -0.4 is 5.73 Å². The molecule has 3 atom stereocenters. The third kappa shape index (κ3) is 3.72. The van der Waals surface area contributed by atoms with Crippen molar-refractivity contribution in [1.82, 2.24) is 14.9 Å². The Labute approximate surface area is 204 Å². The number of carboxylic acid groups (broad SMARTS) is 1. The molecule has 3 heterocycles. The molecule has 1 saturated heterocycles. The Morgan fingerprint density at radius 2 is 1.97 bits per heavy atom. The smallest absolute Gasteiger partial charge is 0.336 e. The summed E-state index contributed by atoms with van der Waals surface area (Å²) in [7, 11) is 0. The molecule has 3 N–H and O–H groups in total. The molecule has 0 bridgehead atoms. The van der Waals surface area contributed by atoms with Crippen LogP contribution >= 0.6 is 11.3 Å². The number of nitrogens with zero attached hydrogens (tertiary/aromatic N) is 3. The van der Waals surface area contributed by atoms with Crippen molar-refractivity contribution in [3.05, 3.63) is 77.5 Å². The van der Waals surface area contributed by atoms with E-state index in [0.717, 1.165) is 23.9 Å². The summed E-state index contributed by atoms with van der Waals surface area (Å²) in [5, 5.41) is 11.2. The zero-order chi connectivity index (χ0) is 24.3. The number of nitrogens with two attached hydrogens (primary N) is 1. The Morgan fingerprint density at radius 3 is 2.77 bits per heavy atom. The molecule has 0 radical (unpaired) electrons. The van der Waals surface area contributed by atoms with Crippen molar-refractivity contribution in [2.24, 2.45) is 5.92 Å². The van der Waals surface area contributed by atoms with Crippen molar-refractivity contribution in [2.45, 2.75) is 31.3 Å². The molecule has 2 fully saturated rings. The number of hydrogen-bond donors (Lipinski definition) is 2. The third-order valence-electron chi connectivity index (χ3n) is 6.93. The fraction of sp³-hybridized carbons (Fsp3) is 0.231. The van der Waals surface area contributed by atoms with Crippen molar-refractivity contribution in [2.75, 3.05) is 5.73 Å². The molecule has 35 heavy (non-hydrogen) atoms. The second-order valence-electron chi connectivity index (χ2n) is 9.07. The van der Waals surface area contributed by atoms with Crippen LogP contribution in [0.1, 0.15) is 39.4 Å². The predicted molar refractivity (Wildman–Crippen MR) is 131 cm³/mol. The van der Waals surface area contributed by atoms with Gasteiger partial charge >= 0.3 is 5.97 Å². The highest BCUT2D eigenvalue weighted by Crippen LogP contribution is 2.50. The summed E-state index contributed by atoms with van der Waals surface area (Å²) in [5.74, 6) is -1.16. The zero-order valence-electron chi connectivity index (χ0n) is 18.5. The number of carbonyl (C=O) groups is 2. The van der Waals surface area contributed by atoms with Gasteiger partial charge in [-0.2, -0.15) is 0 Å². The van der Waals surface area contributed by atoms with E-state index in [0.29, 0.717) is 28.2 Å². The summed E-state index contributed by atoms with van der Waals surface area (Å²) in [6.07, 6.45) is 3.93. The largest absolute Gasteiger partial charge is 0.478 e. The highest BCUT2D eigenvalue weighted by atomic mass is 32.1. The number of amides is 1. The predicted octanol–water partition coefficient (Wildman–Crippen LogP) is 4.62. The lowest BCUT2D eigenvalue weighted by atomic mass is 9.98. The normalized spacial score (nSPS) is 20.7. The molecular weight excluding hydrogens is 467 g/mol. The molecule has 0 unspecified atom stereocenters. The van der Waals surface area contributed by atoms with E-state index >= 15 is 0 Å². The van der Waals surface area contributed by atoms with Gasteiger partial charge in [0.15, 0.2) is 5.13 Å². The average Bonchev–Trinajstić information content (AvgIpc) is 3.33. The van der Waals surface area contributed by atoms with Crippen LogP contribution in [0.25, 0.3) is 21.2 Å². The first-order chi connectivity index (χ1) is 16.9. The number of benzene rings is 2. The molecule has 1 aliphatic heterocycles. The second-order valence-corrected chi connectivity index (χ2v) is 10.1. The number of halogens is 1. The number of rotatable bonds is 5. The van der Waals surface area contributed by atoms with E-state index in [2.05, 4.69) is 9.97 Å². The first-order valence-electron chi connectivity index (χ1n) is 11.4. The van der Waals surface area contributed by atoms with E-state index in [1.807, 2.05) is 11.0 Å². The van der Waals surface area contributed by atoms with Gasteiger partial charge in [0.1, 0.15) is 11.5 Å². The SMILES string of the molecule is Nc1nc(C(=O)N2[C@H](Cc3nccc4c(C(=O)O)cccc34)C[C@H]3C[C@@H]32)c(-c2cccc(F)c2)s1. The van der Waals surface area contributed by atoms with Gasteiger partial charge < -0.3 is 15.7 Å². The minimum Gasteiger partial charge on any atom is -0.478 e. The van der Waals surface area contributed by atoms with E-state index in [1.54, 1.807) is 36.5 Å². The molecule has 1 saturated carbocycles. The van der Waals surface area contributed by atoms with Gasteiger partial charge in [0, 0.05) is 30.1 Å². The van der Waals surface area contributed by atoms with Crippen LogP contribution in [-0.2, 0) is 6.42 Å². The highest BCUT2D eigenvalue weighted by Gasteiger charge is 2.54. The number of nitrogen functional groups attached to an aromatic ring is 1. The van der Waals surface area contributed by atoms with Gasteiger partial charge in [0.25, 0.3) is 5.91 Å². The van der Waals surface area contributed by atoms with Crippen LogP contribution in [0.4, 0.5) is 9.52 Å². The van der Waals surface area contributed by atoms with Crippen LogP contribution in [0, 0.1) is 11.7 Å². The molecule has 6 rings (SSSR count). The molecule has 2 aliphatic rings. The maximum absolute atomic E-state index is 13.9. The minimum absolute atomic E-state index is 0.0962. The molecule has 2 aromatic carbocycles. The molecule has 9 heteroatoms. The van der Waals surface area contributed by atoms with Crippen LogP contribution in [-0.4, -0.2) is 43.9 Å². The molecule has 0 spiro atoms. The Morgan fingerprint density at radius 1 is 1.14 bits per heavy atom. The minimum atomic E-state index is -0.988. The Bertz CT molecular complexity index is 1500. The first kappa shape index (κ1) is 21.7. The highest BCUT2D eigenvalue weighted by molar-refractivity contribution is 7.19. The van der Waals surface area contributed by atoms with E-state index < -0.39 is 11.8 Å². The summed E-state index contributed by atoms with van der Waals surface area (Å²) in [6.45, 7) is 0. The Hall–Kier alpha value is -3.85. The summed E-state index contributed by atoms with van der Waals surface area (Å²) in [6, 6.07) is 13.0. The number of anilines is 1. The van der Waals surface area contributed by atoms with E-state index in [4.69, 9.17) is 5.73 Å². The first-order valence-corrected chi connectivity index (χ1v) is 12.2. The van der Waals surface area contributed by atoms with Gasteiger partial charge in [0.05, 0.1) is 16.1 Å². The van der Waals surface area contributed by atoms with Gasteiger partial charge in [-0.1, -0.05) is 35.6 Å². The second kappa shape index (κ2) is 8.13. The van der Waals surface area contributed by atoms with Crippen molar-refractivity contribution >= 4 is 39.1 Å². The van der Waals surface area contributed by atoms with Crippen LogP contribution in [0.3, 0.4) is 0 Å². The van der Waals surface area contributed by atoms with Crippen molar-refractivity contribution in [1.29, 1.82) is 0 Å². The fourth-order valence-corrected chi connectivity index (χ4v) is 6.15. The number of aromatic carboxylic acids is 1. The van der Waals surface area contributed by atoms with Crippen LogP contribution in [0.15, 0.2) is 54.7 Å².